The molecule has 0 atom stereocenters. The lowest BCUT2D eigenvalue weighted by molar-refractivity contribution is 0.396. The molecule has 0 bridgehead atoms. The van der Waals surface area contributed by atoms with Crippen molar-refractivity contribution in [2.45, 2.75) is 24.8 Å². The predicted molar refractivity (Wildman–Crippen MR) is 55.5 cm³/mol. The fourth-order valence-electron chi connectivity index (χ4n) is 1.73. The Hall–Kier alpha value is -1.09. The second kappa shape index (κ2) is 3.58. The lowest BCUT2D eigenvalue weighted by Gasteiger charge is -2.13. The van der Waals surface area contributed by atoms with Gasteiger partial charge in [-0.25, -0.2) is 4.98 Å². The summed E-state index contributed by atoms with van der Waals surface area (Å²) in [6.07, 6.45) is 5.42. The molecule has 0 spiro atoms. The van der Waals surface area contributed by atoms with Crippen LogP contribution in [-0.4, -0.2) is 24.7 Å². The normalized spacial score (nSPS) is 17.9. The Balaban J connectivity index is 2.09. The van der Waals surface area contributed by atoms with Crippen LogP contribution in [0.5, 0.6) is 5.88 Å². The van der Waals surface area contributed by atoms with Crippen molar-refractivity contribution in [1.29, 1.82) is 0 Å². The van der Waals surface area contributed by atoms with Crippen molar-refractivity contribution in [2.24, 2.45) is 0 Å². The average Bonchev–Trinajstić information content (AvgIpc) is 2.99. The van der Waals surface area contributed by atoms with Gasteiger partial charge in [-0.2, -0.15) is 0 Å². The highest BCUT2D eigenvalue weighted by molar-refractivity contribution is 5.24. The first-order chi connectivity index (χ1) is 6.78. The van der Waals surface area contributed by atoms with Gasteiger partial charge in [-0.05, 0) is 37.9 Å². The Morgan fingerprint density at radius 2 is 2.36 bits per heavy atom. The summed E-state index contributed by atoms with van der Waals surface area (Å²) in [6.45, 7) is 0. The van der Waals surface area contributed by atoms with Crippen molar-refractivity contribution >= 4 is 0 Å². The van der Waals surface area contributed by atoms with Gasteiger partial charge in [-0.15, -0.1) is 0 Å². The Morgan fingerprint density at radius 3 is 2.93 bits per heavy atom. The summed E-state index contributed by atoms with van der Waals surface area (Å²) in [5.74, 6) is 0.703. The van der Waals surface area contributed by atoms with Gasteiger partial charge in [-0.1, -0.05) is 0 Å². The van der Waals surface area contributed by atoms with E-state index in [2.05, 4.69) is 16.4 Å². The van der Waals surface area contributed by atoms with Crippen LogP contribution in [0.3, 0.4) is 0 Å². The Bertz CT molecular complexity index is 321. The fourth-order valence-corrected chi connectivity index (χ4v) is 1.73. The molecule has 0 aliphatic heterocycles. The number of nitrogens with one attached hydrogen (secondary N) is 1. The molecule has 3 nitrogen and oxygen atoms in total. The number of methoxy groups -OCH3 is 1. The van der Waals surface area contributed by atoms with Crippen molar-refractivity contribution in [3.8, 4) is 5.88 Å². The van der Waals surface area contributed by atoms with Gasteiger partial charge >= 0.3 is 0 Å². The quantitative estimate of drug-likeness (QED) is 0.782. The topological polar surface area (TPSA) is 34.2 Å². The monoisotopic (exact) mass is 192 g/mol. The fraction of sp³-hybridized carbons (Fsp3) is 0.545. The summed E-state index contributed by atoms with van der Waals surface area (Å²) in [6, 6.07) is 4.07. The minimum atomic E-state index is 0.354. The van der Waals surface area contributed by atoms with E-state index < -0.39 is 0 Å². The third kappa shape index (κ3) is 1.87. The van der Waals surface area contributed by atoms with Crippen LogP contribution in [0, 0.1) is 0 Å². The summed E-state index contributed by atoms with van der Waals surface area (Å²) >= 11 is 0. The van der Waals surface area contributed by atoms with Crippen LogP contribution in [0.15, 0.2) is 18.3 Å². The van der Waals surface area contributed by atoms with Gasteiger partial charge < -0.3 is 10.1 Å². The van der Waals surface area contributed by atoms with Gasteiger partial charge in [0.05, 0.1) is 7.11 Å². The molecule has 1 saturated carbocycles. The second-order valence-electron chi connectivity index (χ2n) is 3.91. The molecule has 14 heavy (non-hydrogen) atoms. The zero-order valence-electron chi connectivity index (χ0n) is 8.71. The van der Waals surface area contributed by atoms with E-state index in [4.69, 9.17) is 4.74 Å². The van der Waals surface area contributed by atoms with Crippen molar-refractivity contribution in [3.63, 3.8) is 0 Å². The maximum atomic E-state index is 5.09. The van der Waals surface area contributed by atoms with Gasteiger partial charge in [-0.3, -0.25) is 0 Å². The molecule has 1 fully saturated rings. The molecule has 0 radical (unpaired) electrons. The molecule has 0 aromatic carbocycles. The minimum Gasteiger partial charge on any atom is -0.481 e. The number of pyridine rings is 1. The van der Waals surface area contributed by atoms with Crippen LogP contribution in [0.1, 0.15) is 18.4 Å². The summed E-state index contributed by atoms with van der Waals surface area (Å²) in [5, 5.41) is 3.38. The highest BCUT2D eigenvalue weighted by Gasteiger charge is 2.40. The largest absolute Gasteiger partial charge is 0.481 e. The summed E-state index contributed by atoms with van der Waals surface area (Å²) in [4.78, 5) is 4.09. The number of ether oxygens (including phenoxy) is 1. The van der Waals surface area contributed by atoms with Crippen LogP contribution in [-0.2, 0) is 6.42 Å². The summed E-state index contributed by atoms with van der Waals surface area (Å²) in [7, 11) is 3.68. The highest BCUT2D eigenvalue weighted by atomic mass is 16.5. The lowest BCUT2D eigenvalue weighted by atomic mass is 10.1. The second-order valence-corrected chi connectivity index (χ2v) is 3.91. The first kappa shape index (κ1) is 9.46. The molecule has 1 aliphatic carbocycles. The third-order valence-electron chi connectivity index (χ3n) is 2.93. The molecule has 0 saturated heterocycles. The molecule has 1 aromatic heterocycles. The smallest absolute Gasteiger partial charge is 0.213 e. The minimum absolute atomic E-state index is 0.354. The molecule has 0 amide bonds. The van der Waals surface area contributed by atoms with Crippen LogP contribution in [0.2, 0.25) is 0 Å². The van der Waals surface area contributed by atoms with Gasteiger partial charge in [0, 0.05) is 17.8 Å². The highest BCUT2D eigenvalue weighted by Crippen LogP contribution is 2.38. The predicted octanol–water partition coefficient (Wildman–Crippen LogP) is 1.38. The molecule has 1 N–H and O–H groups in total. The number of hydrogen-bond donors (Lipinski definition) is 1. The third-order valence-corrected chi connectivity index (χ3v) is 2.93. The molecule has 1 aliphatic rings. The number of aromatic nitrogens is 1. The summed E-state index contributed by atoms with van der Waals surface area (Å²) < 4.78 is 5.09. The van der Waals surface area contributed by atoms with Crippen molar-refractivity contribution in [1.82, 2.24) is 10.3 Å². The van der Waals surface area contributed by atoms with Crippen molar-refractivity contribution in [3.05, 3.63) is 23.9 Å². The Kier molecular flexibility index (Phi) is 2.42. The molecule has 3 heteroatoms. The van der Waals surface area contributed by atoms with Crippen LogP contribution in [0.25, 0.3) is 0 Å². The Labute approximate surface area is 84.5 Å². The summed E-state index contributed by atoms with van der Waals surface area (Å²) in [5.41, 5.74) is 1.65. The van der Waals surface area contributed by atoms with Crippen LogP contribution < -0.4 is 10.1 Å². The van der Waals surface area contributed by atoms with Gasteiger partial charge in [0.25, 0.3) is 0 Å². The molecule has 2 rings (SSSR count). The lowest BCUT2D eigenvalue weighted by Crippen LogP contribution is -2.29. The van der Waals surface area contributed by atoms with E-state index in [1.807, 2.05) is 13.1 Å². The van der Waals surface area contributed by atoms with E-state index in [9.17, 15) is 0 Å². The number of likely N-dealkylation sites (N-methyl/N-ethyl adjacent to an activating group) is 1. The van der Waals surface area contributed by atoms with E-state index in [0.717, 1.165) is 6.42 Å². The Morgan fingerprint density at radius 1 is 1.57 bits per heavy atom. The van der Waals surface area contributed by atoms with Gasteiger partial charge in [0.15, 0.2) is 0 Å². The SMILES string of the molecule is CNC1(Cc2ccnc(OC)c2)CC1. The standard InChI is InChI=1S/C11H16N2O/c1-12-11(4-5-11)8-9-3-6-13-10(7-9)14-2/h3,6-7,12H,4-5,8H2,1-2H3. The number of nitrogens with zero attached hydrogens (tertiary/aromatic N) is 1. The van der Waals surface area contributed by atoms with E-state index in [-0.39, 0.29) is 0 Å². The molecule has 1 heterocycles. The maximum absolute atomic E-state index is 5.09. The molecular weight excluding hydrogens is 176 g/mol. The van der Waals surface area contributed by atoms with Crippen LogP contribution in [0.4, 0.5) is 0 Å². The molecule has 1 aromatic rings. The van der Waals surface area contributed by atoms with Gasteiger partial charge in [0.1, 0.15) is 0 Å². The van der Waals surface area contributed by atoms with Crippen molar-refractivity contribution in [2.75, 3.05) is 14.2 Å². The molecular formula is C11H16N2O. The first-order valence-electron chi connectivity index (χ1n) is 4.96. The zero-order chi connectivity index (χ0) is 10.0. The van der Waals surface area contributed by atoms with Gasteiger partial charge in [0.2, 0.25) is 5.88 Å². The van der Waals surface area contributed by atoms with E-state index >= 15 is 0 Å². The number of hydrogen-bond acceptors (Lipinski definition) is 3. The average molecular weight is 192 g/mol. The first-order valence-corrected chi connectivity index (χ1v) is 4.96. The van der Waals surface area contributed by atoms with E-state index in [0.29, 0.717) is 11.4 Å². The van der Waals surface area contributed by atoms with Crippen molar-refractivity contribution < 1.29 is 4.74 Å². The molecule has 0 unspecified atom stereocenters. The zero-order valence-corrected chi connectivity index (χ0v) is 8.71. The van der Waals surface area contributed by atoms with E-state index in [1.54, 1.807) is 13.3 Å². The maximum Gasteiger partial charge on any atom is 0.213 e. The number of rotatable bonds is 4. The molecule has 76 valence electrons. The van der Waals surface area contributed by atoms with E-state index in [1.165, 1.54) is 18.4 Å². The van der Waals surface area contributed by atoms with Crippen LogP contribution >= 0.6 is 0 Å².